The predicted octanol–water partition coefficient (Wildman–Crippen LogP) is -3.13. The van der Waals surface area contributed by atoms with Gasteiger partial charge >= 0.3 is 51.4 Å². The molecule has 3 aromatic rings. The van der Waals surface area contributed by atoms with E-state index >= 15 is 0 Å². The molecule has 0 radical (unpaired) electrons. The normalized spacial score (nSPS) is 10.4. The molecule has 0 fully saturated rings. The molecule has 78 valence electrons. The number of rotatable bonds is 1. The van der Waals surface area contributed by atoms with Crippen LogP contribution in [-0.2, 0) is 0 Å². The number of benzene rings is 1. The number of aromatic nitrogens is 4. The molecule has 2 aromatic heterocycles. The first-order valence-electron chi connectivity index (χ1n) is 4.55. The summed E-state index contributed by atoms with van der Waals surface area (Å²) in [5.41, 5.74) is 1.10. The molecule has 0 saturated heterocycles. The molecule has 0 atom stereocenters. The van der Waals surface area contributed by atoms with E-state index in [0.717, 1.165) is 5.39 Å². The van der Waals surface area contributed by atoms with Gasteiger partial charge in [0.1, 0.15) is 17.4 Å². The number of nitrogens with one attached hydrogen (secondary N) is 1. The molecule has 0 unspecified atom stereocenters. The van der Waals surface area contributed by atoms with Crippen molar-refractivity contribution in [3.05, 3.63) is 30.4 Å². The van der Waals surface area contributed by atoms with Crippen molar-refractivity contribution in [1.29, 1.82) is 0 Å². The number of carbonyl (C=O) groups is 1. The SMILES string of the molecule is O=C([O-])c1[nH]nc2c1ccc1cncnc12.[K+]. The monoisotopic (exact) mass is 252 g/mol. The molecule has 17 heavy (non-hydrogen) atoms. The molecule has 0 amide bonds. The Hall–Kier alpha value is -0.864. The third kappa shape index (κ3) is 2.00. The summed E-state index contributed by atoms with van der Waals surface area (Å²) in [6.45, 7) is 0. The van der Waals surface area contributed by atoms with E-state index in [1.54, 1.807) is 18.3 Å². The van der Waals surface area contributed by atoms with Crippen LogP contribution in [0.1, 0.15) is 10.5 Å². The number of fused-ring (bicyclic) bond motifs is 3. The van der Waals surface area contributed by atoms with Crippen LogP contribution in [0, 0.1) is 0 Å². The van der Waals surface area contributed by atoms with Crippen LogP contribution >= 0.6 is 0 Å². The minimum absolute atomic E-state index is 0. The Bertz CT molecular complexity index is 710. The number of hydrogen-bond donors (Lipinski definition) is 1. The number of carbonyl (C=O) groups excluding carboxylic acids is 1. The van der Waals surface area contributed by atoms with Gasteiger partial charge < -0.3 is 9.90 Å². The molecule has 7 heteroatoms. The number of nitrogens with zero attached hydrogens (tertiary/aromatic N) is 3. The fraction of sp³-hybridized carbons (Fsp3) is 0. The quantitative estimate of drug-likeness (QED) is 0.462. The fourth-order valence-electron chi connectivity index (χ4n) is 1.68. The van der Waals surface area contributed by atoms with E-state index in [2.05, 4.69) is 20.2 Å². The van der Waals surface area contributed by atoms with Crippen LogP contribution in [-0.4, -0.2) is 26.1 Å². The standard InChI is InChI=1S/C10H6N4O2.K/c15-10(16)9-6-2-1-5-3-11-4-12-7(5)8(6)13-14-9;/h1-4H,(H,13,14)(H,15,16);/q;+1/p-1. The Morgan fingerprint density at radius 1 is 1.29 bits per heavy atom. The second-order valence-electron chi connectivity index (χ2n) is 3.31. The molecular formula is C10H5KN4O2. The molecule has 6 nitrogen and oxygen atoms in total. The Morgan fingerprint density at radius 3 is 2.88 bits per heavy atom. The van der Waals surface area contributed by atoms with Crippen molar-refractivity contribution >= 4 is 27.8 Å². The first-order valence-corrected chi connectivity index (χ1v) is 4.55. The summed E-state index contributed by atoms with van der Waals surface area (Å²) in [6.07, 6.45) is 3.05. The Kier molecular flexibility index (Phi) is 3.55. The van der Waals surface area contributed by atoms with Gasteiger partial charge in [0.05, 0.1) is 11.7 Å². The largest absolute Gasteiger partial charge is 1.00 e. The molecule has 2 heterocycles. The minimum Gasteiger partial charge on any atom is -0.543 e. The first kappa shape index (κ1) is 12.6. The van der Waals surface area contributed by atoms with Gasteiger partial charge in [0, 0.05) is 17.0 Å². The Balaban J connectivity index is 0.00000108. The van der Waals surface area contributed by atoms with E-state index in [9.17, 15) is 9.90 Å². The number of H-pyrrole nitrogens is 1. The molecule has 0 aliphatic heterocycles. The van der Waals surface area contributed by atoms with Crippen molar-refractivity contribution in [2.45, 2.75) is 0 Å². The summed E-state index contributed by atoms with van der Waals surface area (Å²) in [5, 5.41) is 18.5. The summed E-state index contributed by atoms with van der Waals surface area (Å²) in [7, 11) is 0. The van der Waals surface area contributed by atoms with Crippen molar-refractivity contribution in [3.63, 3.8) is 0 Å². The molecule has 3 rings (SSSR count). The smallest absolute Gasteiger partial charge is 0.543 e. The molecular weight excluding hydrogens is 247 g/mol. The number of aromatic amines is 1. The van der Waals surface area contributed by atoms with Gasteiger partial charge in [0.25, 0.3) is 0 Å². The number of carboxylic acids is 1. The fourth-order valence-corrected chi connectivity index (χ4v) is 1.68. The van der Waals surface area contributed by atoms with Crippen LogP contribution in [0.4, 0.5) is 0 Å². The van der Waals surface area contributed by atoms with Crippen LogP contribution in [0.25, 0.3) is 21.8 Å². The van der Waals surface area contributed by atoms with Crippen molar-refractivity contribution in [1.82, 2.24) is 20.2 Å². The van der Waals surface area contributed by atoms with Crippen molar-refractivity contribution in [2.75, 3.05) is 0 Å². The van der Waals surface area contributed by atoms with Crippen LogP contribution in [0.5, 0.6) is 0 Å². The van der Waals surface area contributed by atoms with E-state index < -0.39 is 5.97 Å². The van der Waals surface area contributed by atoms with Crippen LogP contribution in [0.3, 0.4) is 0 Å². The van der Waals surface area contributed by atoms with Crippen LogP contribution in [0.15, 0.2) is 24.7 Å². The second kappa shape index (κ2) is 4.79. The second-order valence-corrected chi connectivity index (χ2v) is 3.31. The van der Waals surface area contributed by atoms with Crippen molar-refractivity contribution < 1.29 is 61.3 Å². The zero-order valence-corrected chi connectivity index (χ0v) is 12.1. The number of aromatic carboxylic acids is 1. The Morgan fingerprint density at radius 2 is 2.12 bits per heavy atom. The Labute approximate surface area is 138 Å². The number of carboxylic acid groups (broad SMARTS) is 1. The van der Waals surface area contributed by atoms with Gasteiger partial charge in [-0.3, -0.25) is 5.10 Å². The topological polar surface area (TPSA) is 94.6 Å². The summed E-state index contributed by atoms with van der Waals surface area (Å²) in [6, 6.07) is 3.41. The molecule has 0 spiro atoms. The molecule has 0 aliphatic rings. The molecule has 0 aliphatic carbocycles. The molecule has 1 aromatic carbocycles. The van der Waals surface area contributed by atoms with E-state index in [1.807, 2.05) is 0 Å². The van der Waals surface area contributed by atoms with Crippen molar-refractivity contribution in [3.8, 4) is 0 Å². The third-order valence-electron chi connectivity index (χ3n) is 2.40. The third-order valence-corrected chi connectivity index (χ3v) is 2.40. The van der Waals surface area contributed by atoms with Gasteiger partial charge in [0.15, 0.2) is 0 Å². The van der Waals surface area contributed by atoms with Crippen molar-refractivity contribution in [2.24, 2.45) is 0 Å². The van der Waals surface area contributed by atoms with E-state index in [0.29, 0.717) is 16.4 Å². The van der Waals surface area contributed by atoms with Crippen LogP contribution in [0.2, 0.25) is 0 Å². The maximum atomic E-state index is 10.8. The maximum absolute atomic E-state index is 10.8. The average Bonchev–Trinajstić information content (AvgIpc) is 2.73. The molecule has 1 N–H and O–H groups in total. The van der Waals surface area contributed by atoms with Gasteiger partial charge in [-0.15, -0.1) is 0 Å². The number of hydrogen-bond acceptors (Lipinski definition) is 5. The van der Waals surface area contributed by atoms with E-state index in [1.165, 1.54) is 6.33 Å². The van der Waals surface area contributed by atoms with Gasteiger partial charge in [0.2, 0.25) is 0 Å². The van der Waals surface area contributed by atoms with E-state index in [4.69, 9.17) is 0 Å². The molecule has 0 saturated carbocycles. The van der Waals surface area contributed by atoms with Gasteiger partial charge in [-0.25, -0.2) is 9.97 Å². The summed E-state index contributed by atoms with van der Waals surface area (Å²) < 4.78 is 0. The molecule has 0 bridgehead atoms. The summed E-state index contributed by atoms with van der Waals surface area (Å²) in [5.74, 6) is -1.28. The maximum Gasteiger partial charge on any atom is 1.00 e. The first-order chi connectivity index (χ1) is 7.77. The summed E-state index contributed by atoms with van der Waals surface area (Å²) in [4.78, 5) is 18.8. The summed E-state index contributed by atoms with van der Waals surface area (Å²) >= 11 is 0. The van der Waals surface area contributed by atoms with E-state index in [-0.39, 0.29) is 57.1 Å². The van der Waals surface area contributed by atoms with Crippen LogP contribution < -0.4 is 56.5 Å². The van der Waals surface area contributed by atoms with Gasteiger partial charge in [-0.1, -0.05) is 6.07 Å². The minimum atomic E-state index is -1.28. The zero-order valence-electron chi connectivity index (χ0n) is 8.97. The zero-order chi connectivity index (χ0) is 11.1. The van der Waals surface area contributed by atoms with Gasteiger partial charge in [-0.2, -0.15) is 5.10 Å². The predicted molar refractivity (Wildman–Crippen MR) is 53.5 cm³/mol. The average molecular weight is 252 g/mol. The van der Waals surface area contributed by atoms with Gasteiger partial charge in [-0.05, 0) is 6.07 Å².